The third kappa shape index (κ3) is 6.03. The van der Waals surface area contributed by atoms with Crippen LogP contribution >= 0.6 is 0 Å². The standard InChI is InChI=1S/C28H33FN8O5/c1-14-12-37(13-15(2)42-14)28(40)22-10-19(35-36(22)4)18-8-17(29)9-21(25(18)41-5)31-20-11-23(32-26(38)16-6-7-16)33-34-24(20)27(39)30-3/h8-11,14-16H,6-7,12-13H2,1-5H3,(H,30,39)(H2,31,32,33,38)/t14-,15+/i3D3. The SMILES string of the molecule is [2H]C([2H])([2H])NC(=O)c1nnc(NC(=O)C2CC2)cc1Nc1cc(F)cc(-c2cc(C(=O)N3C[C@@H](C)O[C@@H](C)C3)n(C)n2)c1OC. The molecule has 1 saturated carbocycles. The van der Waals surface area contributed by atoms with Crippen molar-refractivity contribution in [1.29, 1.82) is 0 Å². The minimum Gasteiger partial charge on any atom is -0.494 e. The van der Waals surface area contributed by atoms with E-state index in [2.05, 4.69) is 25.9 Å². The van der Waals surface area contributed by atoms with Crippen molar-refractivity contribution in [2.24, 2.45) is 13.0 Å². The molecule has 1 aromatic carbocycles. The van der Waals surface area contributed by atoms with Gasteiger partial charge in [0, 0.05) is 54.8 Å². The normalized spacial score (nSPS) is 19.7. The van der Waals surface area contributed by atoms with Crippen LogP contribution in [0.4, 0.5) is 21.6 Å². The van der Waals surface area contributed by atoms with E-state index >= 15 is 4.39 Å². The number of carbonyl (C=O) groups is 3. The van der Waals surface area contributed by atoms with Gasteiger partial charge in [0.2, 0.25) is 5.91 Å². The number of methoxy groups -OCH3 is 1. The highest BCUT2D eigenvalue weighted by molar-refractivity contribution is 6.00. The van der Waals surface area contributed by atoms with Gasteiger partial charge in [0.25, 0.3) is 11.8 Å². The van der Waals surface area contributed by atoms with Gasteiger partial charge in [-0.3, -0.25) is 19.1 Å². The predicted molar refractivity (Wildman–Crippen MR) is 151 cm³/mol. The topological polar surface area (TPSA) is 153 Å². The number of benzene rings is 1. The Morgan fingerprint density at radius 3 is 2.50 bits per heavy atom. The van der Waals surface area contributed by atoms with Crippen molar-refractivity contribution in [2.45, 2.75) is 38.9 Å². The lowest BCUT2D eigenvalue weighted by molar-refractivity contribution is -0.117. The van der Waals surface area contributed by atoms with Gasteiger partial charge in [0.1, 0.15) is 11.5 Å². The molecule has 3 amide bonds. The van der Waals surface area contributed by atoms with Crippen LogP contribution in [0.3, 0.4) is 0 Å². The smallest absolute Gasteiger partial charge is 0.273 e. The molecule has 2 atom stereocenters. The lowest BCUT2D eigenvalue weighted by Crippen LogP contribution is -2.48. The molecule has 14 heteroatoms. The Bertz CT molecular complexity index is 1630. The van der Waals surface area contributed by atoms with E-state index in [-0.39, 0.29) is 69.8 Å². The number of hydrogen-bond donors (Lipinski definition) is 3. The molecule has 1 aliphatic heterocycles. The molecule has 222 valence electrons. The first-order valence-electron chi connectivity index (χ1n) is 14.9. The van der Waals surface area contributed by atoms with Gasteiger partial charge in [-0.1, -0.05) is 0 Å². The van der Waals surface area contributed by atoms with Gasteiger partial charge in [-0.25, -0.2) is 4.39 Å². The lowest BCUT2D eigenvalue weighted by atomic mass is 10.1. The first kappa shape index (κ1) is 25.1. The van der Waals surface area contributed by atoms with Gasteiger partial charge >= 0.3 is 0 Å². The molecule has 3 aromatic rings. The summed E-state index contributed by atoms with van der Waals surface area (Å²) < 4.78 is 50.1. The van der Waals surface area contributed by atoms with Crippen LogP contribution in [0, 0.1) is 11.7 Å². The molecule has 2 aromatic heterocycles. The Morgan fingerprint density at radius 2 is 1.83 bits per heavy atom. The van der Waals surface area contributed by atoms with Crippen molar-refractivity contribution in [1.82, 2.24) is 30.2 Å². The van der Waals surface area contributed by atoms with Crippen LogP contribution in [0.15, 0.2) is 24.3 Å². The summed E-state index contributed by atoms with van der Waals surface area (Å²) in [5.41, 5.74) is 0.210. The summed E-state index contributed by atoms with van der Waals surface area (Å²) >= 11 is 0. The maximum atomic E-state index is 15.1. The van der Waals surface area contributed by atoms with Crippen molar-refractivity contribution in [3.05, 3.63) is 41.5 Å². The second kappa shape index (κ2) is 11.7. The largest absolute Gasteiger partial charge is 0.494 e. The zero-order chi connectivity index (χ0) is 32.6. The van der Waals surface area contributed by atoms with E-state index in [1.807, 2.05) is 19.2 Å². The van der Waals surface area contributed by atoms with E-state index in [1.54, 1.807) is 11.9 Å². The van der Waals surface area contributed by atoms with Crippen molar-refractivity contribution in [3.8, 4) is 17.0 Å². The number of halogens is 1. The van der Waals surface area contributed by atoms with E-state index in [1.165, 1.54) is 30.0 Å². The number of amides is 3. The Kier molecular flexibility index (Phi) is 7.02. The number of aryl methyl sites for hydroxylation is 1. The number of aromatic nitrogens is 4. The van der Waals surface area contributed by atoms with Crippen LogP contribution in [0.2, 0.25) is 0 Å². The molecule has 0 radical (unpaired) electrons. The molecule has 1 aliphatic carbocycles. The fourth-order valence-electron chi connectivity index (χ4n) is 4.90. The fraction of sp³-hybridized carbons (Fsp3) is 0.429. The highest BCUT2D eigenvalue weighted by Gasteiger charge is 2.31. The van der Waals surface area contributed by atoms with Crippen molar-refractivity contribution < 1.29 is 32.4 Å². The molecule has 3 heterocycles. The van der Waals surface area contributed by atoms with E-state index in [0.717, 1.165) is 18.9 Å². The average molecular weight is 584 g/mol. The third-order valence-corrected chi connectivity index (χ3v) is 6.93. The molecular weight excluding hydrogens is 547 g/mol. The maximum Gasteiger partial charge on any atom is 0.273 e. The number of nitrogens with one attached hydrogen (secondary N) is 3. The summed E-state index contributed by atoms with van der Waals surface area (Å²) in [6.45, 7) is 1.75. The first-order chi connectivity index (χ1) is 21.2. The summed E-state index contributed by atoms with van der Waals surface area (Å²) in [7, 11) is 2.95. The summed E-state index contributed by atoms with van der Waals surface area (Å²) in [5.74, 6) is -2.39. The van der Waals surface area contributed by atoms with Crippen LogP contribution in [0.5, 0.6) is 5.75 Å². The summed E-state index contributed by atoms with van der Waals surface area (Å²) in [5, 5.41) is 19.5. The van der Waals surface area contributed by atoms with Gasteiger partial charge in [-0.15, -0.1) is 10.2 Å². The summed E-state index contributed by atoms with van der Waals surface area (Å²) in [6, 6.07) is 5.10. The minimum absolute atomic E-state index is 0.00458. The van der Waals surface area contributed by atoms with Crippen LogP contribution in [-0.2, 0) is 16.6 Å². The molecular formula is C28H33FN8O5. The zero-order valence-corrected chi connectivity index (χ0v) is 23.5. The highest BCUT2D eigenvalue weighted by Crippen LogP contribution is 2.39. The Hall–Kier alpha value is -4.59. The van der Waals surface area contributed by atoms with E-state index in [9.17, 15) is 14.4 Å². The van der Waals surface area contributed by atoms with Crippen molar-refractivity contribution in [2.75, 3.05) is 37.8 Å². The van der Waals surface area contributed by atoms with E-state index in [4.69, 9.17) is 13.6 Å². The molecule has 5 rings (SSSR count). The number of hydrogen-bond acceptors (Lipinski definition) is 9. The molecule has 1 saturated heterocycles. The van der Waals surface area contributed by atoms with Crippen molar-refractivity contribution in [3.63, 3.8) is 0 Å². The summed E-state index contributed by atoms with van der Waals surface area (Å²) in [6.07, 6.45) is 1.19. The van der Waals surface area contributed by atoms with Crippen LogP contribution < -0.4 is 20.7 Å². The first-order valence-corrected chi connectivity index (χ1v) is 13.4. The van der Waals surface area contributed by atoms with Crippen LogP contribution in [0.25, 0.3) is 11.3 Å². The Balaban J connectivity index is 1.51. The minimum atomic E-state index is -2.83. The van der Waals surface area contributed by atoms with Gasteiger partial charge < -0.3 is 30.3 Å². The molecule has 0 spiro atoms. The zero-order valence-electron chi connectivity index (χ0n) is 26.5. The third-order valence-electron chi connectivity index (χ3n) is 6.93. The average Bonchev–Trinajstić information content (AvgIpc) is 3.73. The maximum absolute atomic E-state index is 15.1. The fourth-order valence-corrected chi connectivity index (χ4v) is 4.90. The van der Waals surface area contributed by atoms with Gasteiger partial charge in [-0.2, -0.15) is 5.10 Å². The highest BCUT2D eigenvalue weighted by atomic mass is 19.1. The molecule has 3 N–H and O–H groups in total. The van der Waals surface area contributed by atoms with Crippen LogP contribution in [0.1, 0.15) is 51.8 Å². The lowest BCUT2D eigenvalue weighted by Gasteiger charge is -2.35. The number of morpholine rings is 1. The second-order valence-electron chi connectivity index (χ2n) is 10.4. The quantitative estimate of drug-likeness (QED) is 0.363. The Morgan fingerprint density at radius 1 is 1.10 bits per heavy atom. The molecule has 42 heavy (non-hydrogen) atoms. The number of rotatable bonds is 8. The molecule has 0 unspecified atom stereocenters. The molecule has 2 aliphatic rings. The van der Waals surface area contributed by atoms with Crippen molar-refractivity contribution >= 4 is 34.9 Å². The Labute approximate surface area is 246 Å². The number of nitrogens with zero attached hydrogens (tertiary/aromatic N) is 5. The molecule has 13 nitrogen and oxygen atoms in total. The predicted octanol–water partition coefficient (Wildman–Crippen LogP) is 2.73. The van der Waals surface area contributed by atoms with Gasteiger partial charge in [0.05, 0.1) is 36.4 Å². The monoisotopic (exact) mass is 583 g/mol. The van der Waals surface area contributed by atoms with E-state index in [0.29, 0.717) is 13.1 Å². The van der Waals surface area contributed by atoms with Gasteiger partial charge in [0.15, 0.2) is 17.3 Å². The number of ether oxygens (including phenoxy) is 2. The molecule has 0 bridgehead atoms. The second-order valence-corrected chi connectivity index (χ2v) is 10.4. The van der Waals surface area contributed by atoms with E-state index < -0.39 is 24.4 Å². The van der Waals surface area contributed by atoms with Gasteiger partial charge in [-0.05, 0) is 38.8 Å². The summed E-state index contributed by atoms with van der Waals surface area (Å²) in [4.78, 5) is 40.3. The number of anilines is 3. The molecule has 2 fully saturated rings. The number of carbonyl (C=O) groups excluding carboxylic acids is 3. The van der Waals surface area contributed by atoms with Crippen LogP contribution in [-0.4, -0.2) is 82.0 Å².